The molecule has 1 aromatic rings. The SMILES string of the molecule is CC(C)c1c(C#N)ccc(Br)c1CC#N. The Kier molecular flexibility index (Phi) is 3.88. The van der Waals surface area contributed by atoms with E-state index in [4.69, 9.17) is 10.5 Å². The van der Waals surface area contributed by atoms with Gasteiger partial charge in [0.2, 0.25) is 0 Å². The van der Waals surface area contributed by atoms with Crippen molar-refractivity contribution in [1.82, 2.24) is 0 Å². The van der Waals surface area contributed by atoms with Crippen molar-refractivity contribution in [3.63, 3.8) is 0 Å². The molecule has 0 aliphatic heterocycles. The molecule has 0 spiro atoms. The first-order chi connectivity index (χ1) is 7.11. The van der Waals surface area contributed by atoms with E-state index >= 15 is 0 Å². The fourth-order valence-electron chi connectivity index (χ4n) is 1.65. The van der Waals surface area contributed by atoms with E-state index in [0.717, 1.165) is 15.6 Å². The summed E-state index contributed by atoms with van der Waals surface area (Å²) in [5, 5.41) is 17.8. The van der Waals surface area contributed by atoms with Gasteiger partial charge in [0.25, 0.3) is 0 Å². The largest absolute Gasteiger partial charge is 0.198 e. The topological polar surface area (TPSA) is 47.6 Å². The first-order valence-electron chi connectivity index (χ1n) is 4.70. The van der Waals surface area contributed by atoms with Gasteiger partial charge in [0.05, 0.1) is 24.1 Å². The summed E-state index contributed by atoms with van der Waals surface area (Å²) in [6.45, 7) is 4.06. The molecule has 0 bridgehead atoms. The quantitative estimate of drug-likeness (QED) is 0.819. The van der Waals surface area contributed by atoms with Gasteiger partial charge in [-0.05, 0) is 29.2 Å². The lowest BCUT2D eigenvalue weighted by atomic mass is 9.91. The van der Waals surface area contributed by atoms with E-state index < -0.39 is 0 Å². The molecule has 1 rings (SSSR count). The second-order valence-corrected chi connectivity index (χ2v) is 4.44. The van der Waals surface area contributed by atoms with Crippen LogP contribution in [0.2, 0.25) is 0 Å². The third kappa shape index (κ3) is 2.37. The van der Waals surface area contributed by atoms with Crippen LogP contribution in [-0.4, -0.2) is 0 Å². The predicted molar refractivity (Wildman–Crippen MR) is 62.3 cm³/mol. The van der Waals surface area contributed by atoms with Crippen LogP contribution < -0.4 is 0 Å². The van der Waals surface area contributed by atoms with Gasteiger partial charge < -0.3 is 0 Å². The predicted octanol–water partition coefficient (Wildman–Crippen LogP) is 3.51. The first kappa shape index (κ1) is 11.8. The van der Waals surface area contributed by atoms with Gasteiger partial charge in [0.15, 0.2) is 0 Å². The van der Waals surface area contributed by atoms with Crippen LogP contribution in [0.5, 0.6) is 0 Å². The zero-order chi connectivity index (χ0) is 11.4. The Labute approximate surface area is 98.3 Å². The highest BCUT2D eigenvalue weighted by atomic mass is 79.9. The minimum Gasteiger partial charge on any atom is -0.198 e. The molecule has 0 aromatic heterocycles. The van der Waals surface area contributed by atoms with E-state index in [1.165, 1.54) is 0 Å². The minimum atomic E-state index is 0.250. The van der Waals surface area contributed by atoms with Crippen molar-refractivity contribution in [2.45, 2.75) is 26.2 Å². The Morgan fingerprint density at radius 3 is 2.47 bits per heavy atom. The van der Waals surface area contributed by atoms with Crippen molar-refractivity contribution in [3.05, 3.63) is 33.3 Å². The number of hydrogen-bond acceptors (Lipinski definition) is 2. The molecule has 15 heavy (non-hydrogen) atoms. The summed E-state index contributed by atoms with van der Waals surface area (Å²) in [5.41, 5.74) is 2.58. The van der Waals surface area contributed by atoms with Crippen molar-refractivity contribution in [1.29, 1.82) is 10.5 Å². The molecule has 0 atom stereocenters. The van der Waals surface area contributed by atoms with E-state index in [0.29, 0.717) is 12.0 Å². The van der Waals surface area contributed by atoms with Gasteiger partial charge in [0.1, 0.15) is 0 Å². The molecular formula is C12H11BrN2. The summed E-state index contributed by atoms with van der Waals surface area (Å²) < 4.78 is 0.909. The second-order valence-electron chi connectivity index (χ2n) is 3.59. The molecule has 0 saturated heterocycles. The summed E-state index contributed by atoms with van der Waals surface area (Å²) in [5.74, 6) is 0.250. The maximum atomic E-state index is 9.00. The van der Waals surface area contributed by atoms with Gasteiger partial charge >= 0.3 is 0 Å². The molecule has 3 heteroatoms. The van der Waals surface area contributed by atoms with E-state index in [1.54, 1.807) is 6.07 Å². The molecule has 0 aliphatic carbocycles. The Bertz CT molecular complexity index is 450. The van der Waals surface area contributed by atoms with Gasteiger partial charge in [-0.3, -0.25) is 0 Å². The van der Waals surface area contributed by atoms with Crippen LogP contribution in [-0.2, 0) is 6.42 Å². The lowest BCUT2D eigenvalue weighted by Crippen LogP contribution is -2.00. The van der Waals surface area contributed by atoms with Crippen LogP contribution in [0.25, 0.3) is 0 Å². The Morgan fingerprint density at radius 2 is 2.00 bits per heavy atom. The molecule has 0 unspecified atom stereocenters. The minimum absolute atomic E-state index is 0.250. The average Bonchev–Trinajstić information content (AvgIpc) is 2.20. The zero-order valence-corrected chi connectivity index (χ0v) is 10.3. The third-order valence-electron chi connectivity index (χ3n) is 2.25. The molecule has 0 heterocycles. The summed E-state index contributed by atoms with van der Waals surface area (Å²) >= 11 is 3.42. The first-order valence-corrected chi connectivity index (χ1v) is 5.49. The van der Waals surface area contributed by atoms with Gasteiger partial charge in [-0.2, -0.15) is 10.5 Å². The highest BCUT2D eigenvalue weighted by molar-refractivity contribution is 9.10. The van der Waals surface area contributed by atoms with Crippen molar-refractivity contribution in [3.8, 4) is 12.1 Å². The molecule has 0 N–H and O–H groups in total. The van der Waals surface area contributed by atoms with Gasteiger partial charge in [-0.15, -0.1) is 0 Å². The lowest BCUT2D eigenvalue weighted by molar-refractivity contribution is 0.845. The molecule has 1 aromatic carbocycles. The summed E-state index contributed by atoms with van der Waals surface area (Å²) in [4.78, 5) is 0. The number of benzene rings is 1. The van der Waals surface area contributed by atoms with Crippen molar-refractivity contribution >= 4 is 15.9 Å². The van der Waals surface area contributed by atoms with Crippen molar-refractivity contribution in [2.75, 3.05) is 0 Å². The molecular weight excluding hydrogens is 252 g/mol. The van der Waals surface area contributed by atoms with Crippen LogP contribution in [0.15, 0.2) is 16.6 Å². The normalized spacial score (nSPS) is 9.73. The van der Waals surface area contributed by atoms with Gasteiger partial charge in [0, 0.05) is 4.47 Å². The van der Waals surface area contributed by atoms with E-state index in [2.05, 4.69) is 28.1 Å². The number of halogens is 1. The highest BCUT2D eigenvalue weighted by Crippen LogP contribution is 2.29. The molecule has 76 valence electrons. The summed E-state index contributed by atoms with van der Waals surface area (Å²) in [6, 6.07) is 7.93. The lowest BCUT2D eigenvalue weighted by Gasteiger charge is -2.14. The highest BCUT2D eigenvalue weighted by Gasteiger charge is 2.14. The molecule has 0 saturated carbocycles. The van der Waals surface area contributed by atoms with Crippen LogP contribution >= 0.6 is 15.9 Å². The number of rotatable bonds is 2. The standard InChI is InChI=1S/C12H11BrN2/c1-8(2)12-9(7-15)3-4-11(13)10(12)5-6-14/h3-4,8H,5H2,1-2H3. The van der Waals surface area contributed by atoms with E-state index in [1.807, 2.05) is 19.9 Å². The maximum Gasteiger partial charge on any atom is 0.0994 e. The fraction of sp³-hybridized carbons (Fsp3) is 0.333. The smallest absolute Gasteiger partial charge is 0.0994 e. The monoisotopic (exact) mass is 262 g/mol. The van der Waals surface area contributed by atoms with Crippen LogP contribution in [0, 0.1) is 22.7 Å². The van der Waals surface area contributed by atoms with Gasteiger partial charge in [-0.25, -0.2) is 0 Å². The summed E-state index contributed by atoms with van der Waals surface area (Å²) in [7, 11) is 0. The van der Waals surface area contributed by atoms with E-state index in [-0.39, 0.29) is 5.92 Å². The molecule has 0 aliphatic rings. The Morgan fingerprint density at radius 1 is 1.33 bits per heavy atom. The maximum absolute atomic E-state index is 9.00. The molecule has 2 nitrogen and oxygen atoms in total. The van der Waals surface area contributed by atoms with Crippen LogP contribution in [0.1, 0.15) is 36.5 Å². The molecule has 0 radical (unpaired) electrons. The second kappa shape index (κ2) is 4.96. The van der Waals surface area contributed by atoms with Crippen molar-refractivity contribution in [2.24, 2.45) is 0 Å². The Hall–Kier alpha value is -1.32. The fourth-order valence-corrected chi connectivity index (χ4v) is 2.14. The average molecular weight is 263 g/mol. The zero-order valence-electron chi connectivity index (χ0n) is 8.71. The number of nitriles is 2. The van der Waals surface area contributed by atoms with Gasteiger partial charge in [-0.1, -0.05) is 29.8 Å². The van der Waals surface area contributed by atoms with E-state index in [9.17, 15) is 0 Å². The molecule has 0 fully saturated rings. The van der Waals surface area contributed by atoms with Crippen molar-refractivity contribution < 1.29 is 0 Å². The van der Waals surface area contributed by atoms with Crippen LogP contribution in [0.4, 0.5) is 0 Å². The number of hydrogen-bond donors (Lipinski definition) is 0. The molecule has 0 amide bonds. The Balaban J connectivity index is 3.47. The van der Waals surface area contributed by atoms with Crippen LogP contribution in [0.3, 0.4) is 0 Å². The third-order valence-corrected chi connectivity index (χ3v) is 3.00. The summed E-state index contributed by atoms with van der Waals surface area (Å²) in [6.07, 6.45) is 0.337. The number of nitrogens with zero attached hydrogens (tertiary/aromatic N) is 2.